The Morgan fingerprint density at radius 1 is 1.10 bits per heavy atom. The Hall–Kier alpha value is -2.43. The molecule has 0 spiro atoms. The van der Waals surface area contributed by atoms with Gasteiger partial charge in [0.1, 0.15) is 17.1 Å². The number of benzene rings is 2. The van der Waals surface area contributed by atoms with E-state index in [2.05, 4.69) is 9.97 Å². The lowest BCUT2D eigenvalue weighted by Gasteiger charge is -2.01. The second-order valence-electron chi connectivity index (χ2n) is 4.47. The Labute approximate surface area is 114 Å². The lowest BCUT2D eigenvalue weighted by Crippen LogP contribution is -1.91. The van der Waals surface area contributed by atoms with Crippen LogP contribution in [0.4, 0.5) is 8.78 Å². The number of aromatic amines is 1. The van der Waals surface area contributed by atoms with Crippen molar-refractivity contribution in [3.8, 4) is 5.75 Å². The molecule has 0 aliphatic carbocycles. The normalized spacial score (nSPS) is 10.9. The largest absolute Gasteiger partial charge is 0.497 e. The van der Waals surface area contributed by atoms with E-state index in [9.17, 15) is 8.78 Å². The molecular formula is C15H12F2N2O. The molecule has 0 atom stereocenters. The van der Waals surface area contributed by atoms with Crippen LogP contribution in [0.1, 0.15) is 11.4 Å². The van der Waals surface area contributed by atoms with E-state index in [0.717, 1.165) is 17.4 Å². The molecule has 102 valence electrons. The maximum absolute atomic E-state index is 13.6. The van der Waals surface area contributed by atoms with Gasteiger partial charge in [-0.25, -0.2) is 13.8 Å². The first-order chi connectivity index (χ1) is 9.67. The number of H-pyrrole nitrogens is 1. The number of imidazole rings is 1. The summed E-state index contributed by atoms with van der Waals surface area (Å²) in [6.45, 7) is 0. The minimum atomic E-state index is -0.917. The lowest BCUT2D eigenvalue weighted by atomic mass is 10.1. The van der Waals surface area contributed by atoms with Gasteiger partial charge in [-0.05, 0) is 29.8 Å². The first-order valence-electron chi connectivity index (χ1n) is 6.13. The fraction of sp³-hybridized carbons (Fsp3) is 0.133. The Morgan fingerprint density at radius 2 is 1.85 bits per heavy atom. The van der Waals surface area contributed by atoms with Crippen molar-refractivity contribution in [2.75, 3.05) is 7.11 Å². The summed E-state index contributed by atoms with van der Waals surface area (Å²) in [5.74, 6) is -0.444. The number of rotatable bonds is 3. The monoisotopic (exact) mass is 274 g/mol. The number of nitrogens with zero attached hydrogens (tertiary/aromatic N) is 1. The molecule has 1 aromatic heterocycles. The molecular weight excluding hydrogens is 262 g/mol. The Balaban J connectivity index is 1.92. The maximum atomic E-state index is 13.6. The fourth-order valence-corrected chi connectivity index (χ4v) is 2.09. The third-order valence-electron chi connectivity index (χ3n) is 3.13. The molecule has 20 heavy (non-hydrogen) atoms. The van der Waals surface area contributed by atoms with E-state index in [1.54, 1.807) is 7.11 Å². The van der Waals surface area contributed by atoms with Crippen LogP contribution in [0.3, 0.4) is 0 Å². The highest BCUT2D eigenvalue weighted by Gasteiger charge is 2.12. The number of nitrogens with one attached hydrogen (secondary N) is 1. The number of aromatic nitrogens is 2. The van der Waals surface area contributed by atoms with E-state index in [1.807, 2.05) is 24.3 Å². The predicted molar refractivity (Wildman–Crippen MR) is 71.8 cm³/mol. The zero-order valence-corrected chi connectivity index (χ0v) is 10.8. The smallest absolute Gasteiger partial charge is 0.186 e. The second-order valence-corrected chi connectivity index (χ2v) is 4.47. The first kappa shape index (κ1) is 12.6. The van der Waals surface area contributed by atoms with E-state index < -0.39 is 11.6 Å². The van der Waals surface area contributed by atoms with Gasteiger partial charge in [-0.15, -0.1) is 0 Å². The Bertz CT molecular complexity index is 750. The summed E-state index contributed by atoms with van der Waals surface area (Å²) in [5.41, 5.74) is 1.53. The topological polar surface area (TPSA) is 37.9 Å². The summed E-state index contributed by atoms with van der Waals surface area (Å²) >= 11 is 0. The van der Waals surface area contributed by atoms with Crippen LogP contribution in [-0.4, -0.2) is 17.1 Å². The average Bonchev–Trinajstić information content (AvgIpc) is 2.87. The predicted octanol–water partition coefficient (Wildman–Crippen LogP) is 3.44. The van der Waals surface area contributed by atoms with E-state index in [1.165, 1.54) is 6.07 Å². The molecule has 3 nitrogen and oxygen atoms in total. The summed E-state index contributed by atoms with van der Waals surface area (Å²) in [7, 11) is 1.60. The summed E-state index contributed by atoms with van der Waals surface area (Å²) in [6, 6.07) is 10.1. The molecule has 2 aromatic carbocycles. The van der Waals surface area contributed by atoms with Crippen LogP contribution >= 0.6 is 0 Å². The third kappa shape index (κ3) is 2.22. The Kier molecular flexibility index (Phi) is 3.10. The lowest BCUT2D eigenvalue weighted by molar-refractivity contribution is 0.414. The van der Waals surface area contributed by atoms with Crippen molar-refractivity contribution in [1.29, 1.82) is 0 Å². The van der Waals surface area contributed by atoms with Gasteiger partial charge in [0, 0.05) is 6.42 Å². The minimum absolute atomic E-state index is 0.0357. The van der Waals surface area contributed by atoms with Gasteiger partial charge in [-0.2, -0.15) is 0 Å². The molecule has 0 saturated heterocycles. The van der Waals surface area contributed by atoms with Crippen LogP contribution in [0.5, 0.6) is 5.75 Å². The molecule has 3 rings (SSSR count). The summed E-state index contributed by atoms with van der Waals surface area (Å²) in [5, 5.41) is 0. The summed E-state index contributed by atoms with van der Waals surface area (Å²) < 4.78 is 31.8. The van der Waals surface area contributed by atoms with Gasteiger partial charge in [0.05, 0.1) is 12.6 Å². The number of fused-ring (bicyclic) bond motifs is 1. The van der Waals surface area contributed by atoms with Gasteiger partial charge in [0.25, 0.3) is 0 Å². The minimum Gasteiger partial charge on any atom is -0.497 e. The first-order valence-corrected chi connectivity index (χ1v) is 6.13. The van der Waals surface area contributed by atoms with Gasteiger partial charge >= 0.3 is 0 Å². The molecule has 0 unspecified atom stereocenters. The van der Waals surface area contributed by atoms with Crippen LogP contribution in [0.25, 0.3) is 11.0 Å². The van der Waals surface area contributed by atoms with Crippen LogP contribution in [-0.2, 0) is 6.42 Å². The van der Waals surface area contributed by atoms with Crippen molar-refractivity contribution < 1.29 is 13.5 Å². The number of hydrogen-bond donors (Lipinski definition) is 1. The van der Waals surface area contributed by atoms with Gasteiger partial charge < -0.3 is 9.72 Å². The Morgan fingerprint density at radius 3 is 2.55 bits per heavy atom. The van der Waals surface area contributed by atoms with E-state index in [-0.39, 0.29) is 5.52 Å². The molecule has 0 saturated carbocycles. The van der Waals surface area contributed by atoms with Gasteiger partial charge in [0.2, 0.25) is 0 Å². The standard InChI is InChI=1S/C15H12F2N2O/c1-20-10-4-2-9(3-5-10)8-13-18-12-7-6-11(16)14(17)15(12)19-13/h2-7H,8H2,1H3,(H,18,19). The van der Waals surface area contributed by atoms with Crippen molar-refractivity contribution >= 4 is 11.0 Å². The summed E-state index contributed by atoms with van der Waals surface area (Å²) in [4.78, 5) is 7.10. The van der Waals surface area contributed by atoms with E-state index in [4.69, 9.17) is 4.74 Å². The van der Waals surface area contributed by atoms with Crippen LogP contribution in [0.15, 0.2) is 36.4 Å². The van der Waals surface area contributed by atoms with Crippen LogP contribution < -0.4 is 4.74 Å². The zero-order chi connectivity index (χ0) is 14.1. The fourth-order valence-electron chi connectivity index (χ4n) is 2.09. The van der Waals surface area contributed by atoms with Gasteiger partial charge in [0.15, 0.2) is 11.6 Å². The summed E-state index contributed by atoms with van der Waals surface area (Å²) in [6.07, 6.45) is 0.514. The SMILES string of the molecule is COc1ccc(Cc2nc3c(F)c(F)ccc3[nH]2)cc1. The molecule has 3 aromatic rings. The van der Waals surface area contributed by atoms with E-state index in [0.29, 0.717) is 17.8 Å². The molecule has 1 heterocycles. The van der Waals surface area contributed by atoms with Crippen molar-refractivity contribution in [1.82, 2.24) is 9.97 Å². The maximum Gasteiger partial charge on any atom is 0.186 e. The quantitative estimate of drug-likeness (QED) is 0.794. The highest BCUT2D eigenvalue weighted by atomic mass is 19.2. The van der Waals surface area contributed by atoms with Crippen molar-refractivity contribution in [2.24, 2.45) is 0 Å². The van der Waals surface area contributed by atoms with Gasteiger partial charge in [-0.3, -0.25) is 0 Å². The van der Waals surface area contributed by atoms with Crippen LogP contribution in [0, 0.1) is 11.6 Å². The molecule has 0 radical (unpaired) electrons. The van der Waals surface area contributed by atoms with Crippen molar-refractivity contribution in [2.45, 2.75) is 6.42 Å². The second kappa shape index (κ2) is 4.92. The molecule has 0 aliphatic heterocycles. The number of hydrogen-bond acceptors (Lipinski definition) is 2. The van der Waals surface area contributed by atoms with E-state index >= 15 is 0 Å². The highest BCUT2D eigenvalue weighted by molar-refractivity contribution is 5.75. The molecule has 0 aliphatic rings. The molecule has 0 amide bonds. The average molecular weight is 274 g/mol. The molecule has 0 bridgehead atoms. The number of methoxy groups -OCH3 is 1. The number of halogens is 2. The highest BCUT2D eigenvalue weighted by Crippen LogP contribution is 2.20. The molecule has 0 fully saturated rings. The molecule has 1 N–H and O–H groups in total. The van der Waals surface area contributed by atoms with Crippen molar-refractivity contribution in [3.05, 3.63) is 59.4 Å². The number of ether oxygens (including phenoxy) is 1. The van der Waals surface area contributed by atoms with Gasteiger partial charge in [-0.1, -0.05) is 12.1 Å². The van der Waals surface area contributed by atoms with Crippen molar-refractivity contribution in [3.63, 3.8) is 0 Å². The molecule has 5 heteroatoms. The third-order valence-corrected chi connectivity index (χ3v) is 3.13. The van der Waals surface area contributed by atoms with Crippen LogP contribution in [0.2, 0.25) is 0 Å². The zero-order valence-electron chi connectivity index (χ0n) is 10.8.